The Labute approximate surface area is 108 Å². The van der Waals surface area contributed by atoms with Crippen LogP contribution in [0.2, 0.25) is 0 Å². The van der Waals surface area contributed by atoms with E-state index >= 15 is 0 Å². The van der Waals surface area contributed by atoms with Crippen molar-refractivity contribution in [3.8, 4) is 0 Å². The zero-order valence-electron chi connectivity index (χ0n) is 10.8. The Morgan fingerprint density at radius 1 is 1.17 bits per heavy atom. The highest BCUT2D eigenvalue weighted by atomic mass is 16.3. The van der Waals surface area contributed by atoms with Crippen LogP contribution in [0.15, 0.2) is 47.1 Å². The van der Waals surface area contributed by atoms with Gasteiger partial charge in [0.1, 0.15) is 5.76 Å². The molecule has 0 atom stereocenters. The van der Waals surface area contributed by atoms with E-state index in [-0.39, 0.29) is 5.78 Å². The van der Waals surface area contributed by atoms with Crippen molar-refractivity contribution >= 4 is 5.78 Å². The maximum Gasteiger partial charge on any atom is 0.163 e. The maximum absolute atomic E-state index is 12.0. The van der Waals surface area contributed by atoms with Crippen molar-refractivity contribution in [3.63, 3.8) is 0 Å². The summed E-state index contributed by atoms with van der Waals surface area (Å²) in [6.07, 6.45) is 2.80. The van der Waals surface area contributed by atoms with Crippen LogP contribution in [-0.2, 0) is 6.42 Å². The first-order valence-corrected chi connectivity index (χ1v) is 6.32. The van der Waals surface area contributed by atoms with Crippen LogP contribution in [0.3, 0.4) is 0 Å². The van der Waals surface area contributed by atoms with E-state index in [0.29, 0.717) is 18.8 Å². The molecule has 0 aliphatic heterocycles. The number of Topliss-reactive ketones (excluding diaryl/α,β-unsaturated/α-hetero) is 1. The average Bonchev–Trinajstić information content (AvgIpc) is 2.89. The molecule has 2 aromatic rings. The van der Waals surface area contributed by atoms with Gasteiger partial charge in [-0.15, -0.1) is 0 Å². The number of furan rings is 1. The lowest BCUT2D eigenvalue weighted by molar-refractivity contribution is 0.0981. The summed E-state index contributed by atoms with van der Waals surface area (Å²) >= 11 is 0. The van der Waals surface area contributed by atoms with E-state index in [2.05, 4.69) is 13.8 Å². The van der Waals surface area contributed by atoms with Gasteiger partial charge in [-0.2, -0.15) is 0 Å². The summed E-state index contributed by atoms with van der Waals surface area (Å²) in [6.45, 7) is 4.29. The predicted molar refractivity (Wildman–Crippen MR) is 71.9 cm³/mol. The highest BCUT2D eigenvalue weighted by Gasteiger charge is 2.08. The SMILES string of the molecule is CC(C)c1ccc(C(=O)CCc2ccco2)cc1. The summed E-state index contributed by atoms with van der Waals surface area (Å²) in [5.41, 5.74) is 2.04. The highest BCUT2D eigenvalue weighted by Crippen LogP contribution is 2.16. The second-order valence-corrected chi connectivity index (χ2v) is 4.78. The molecule has 0 fully saturated rings. The molecule has 0 aliphatic rings. The molecule has 0 saturated heterocycles. The van der Waals surface area contributed by atoms with Crippen molar-refractivity contribution < 1.29 is 9.21 Å². The number of hydrogen-bond acceptors (Lipinski definition) is 2. The molecule has 1 aromatic carbocycles. The van der Waals surface area contributed by atoms with Crippen LogP contribution in [0.4, 0.5) is 0 Å². The Bertz CT molecular complexity index is 492. The molecule has 0 amide bonds. The normalized spacial score (nSPS) is 10.8. The minimum absolute atomic E-state index is 0.168. The Kier molecular flexibility index (Phi) is 3.98. The van der Waals surface area contributed by atoms with Crippen molar-refractivity contribution in [2.75, 3.05) is 0 Å². The minimum atomic E-state index is 0.168. The van der Waals surface area contributed by atoms with E-state index in [1.54, 1.807) is 6.26 Å². The van der Waals surface area contributed by atoms with Crippen molar-refractivity contribution in [1.82, 2.24) is 0 Å². The molecule has 94 valence electrons. The molecule has 18 heavy (non-hydrogen) atoms. The molecule has 0 radical (unpaired) electrons. The lowest BCUT2D eigenvalue weighted by Gasteiger charge is -2.06. The number of benzene rings is 1. The quantitative estimate of drug-likeness (QED) is 0.735. The van der Waals surface area contributed by atoms with Gasteiger partial charge in [0.25, 0.3) is 0 Å². The minimum Gasteiger partial charge on any atom is -0.469 e. The van der Waals surface area contributed by atoms with Crippen LogP contribution in [-0.4, -0.2) is 5.78 Å². The van der Waals surface area contributed by atoms with E-state index in [1.165, 1.54) is 5.56 Å². The molecule has 0 bridgehead atoms. The second-order valence-electron chi connectivity index (χ2n) is 4.78. The van der Waals surface area contributed by atoms with Crippen molar-refractivity contribution in [3.05, 3.63) is 59.5 Å². The smallest absolute Gasteiger partial charge is 0.163 e. The molecule has 0 aliphatic carbocycles. The first-order valence-electron chi connectivity index (χ1n) is 6.32. The fourth-order valence-corrected chi connectivity index (χ4v) is 1.89. The fourth-order valence-electron chi connectivity index (χ4n) is 1.89. The van der Waals surface area contributed by atoms with Gasteiger partial charge in [0, 0.05) is 18.4 Å². The molecule has 1 aromatic heterocycles. The molecule has 0 N–H and O–H groups in total. The Hall–Kier alpha value is -1.83. The summed E-state index contributed by atoms with van der Waals surface area (Å²) in [7, 11) is 0. The monoisotopic (exact) mass is 242 g/mol. The molecular formula is C16H18O2. The van der Waals surface area contributed by atoms with E-state index in [9.17, 15) is 4.79 Å². The summed E-state index contributed by atoms with van der Waals surface area (Å²) in [6, 6.07) is 11.6. The van der Waals surface area contributed by atoms with Crippen LogP contribution in [0.25, 0.3) is 0 Å². The molecule has 2 rings (SSSR count). The number of ketones is 1. The lowest BCUT2D eigenvalue weighted by Crippen LogP contribution is -2.01. The van der Waals surface area contributed by atoms with E-state index in [1.807, 2.05) is 36.4 Å². The summed E-state index contributed by atoms with van der Waals surface area (Å²) in [5.74, 6) is 1.53. The number of aryl methyl sites for hydroxylation is 1. The zero-order valence-corrected chi connectivity index (χ0v) is 10.8. The third kappa shape index (κ3) is 3.10. The van der Waals surface area contributed by atoms with Gasteiger partial charge >= 0.3 is 0 Å². The van der Waals surface area contributed by atoms with Gasteiger partial charge in [0.05, 0.1) is 6.26 Å². The number of rotatable bonds is 5. The third-order valence-electron chi connectivity index (χ3n) is 3.08. The molecule has 0 unspecified atom stereocenters. The zero-order chi connectivity index (χ0) is 13.0. The van der Waals surface area contributed by atoms with Gasteiger partial charge in [0.2, 0.25) is 0 Å². The van der Waals surface area contributed by atoms with Crippen LogP contribution in [0.5, 0.6) is 0 Å². The first-order chi connectivity index (χ1) is 8.66. The lowest BCUT2D eigenvalue weighted by atomic mass is 9.99. The fraction of sp³-hybridized carbons (Fsp3) is 0.312. The third-order valence-corrected chi connectivity index (χ3v) is 3.08. The Morgan fingerprint density at radius 2 is 1.89 bits per heavy atom. The summed E-state index contributed by atoms with van der Waals surface area (Å²) < 4.78 is 5.22. The van der Waals surface area contributed by atoms with Crippen molar-refractivity contribution in [2.24, 2.45) is 0 Å². The largest absolute Gasteiger partial charge is 0.469 e. The summed E-state index contributed by atoms with van der Waals surface area (Å²) in [4.78, 5) is 12.0. The van der Waals surface area contributed by atoms with E-state index < -0.39 is 0 Å². The van der Waals surface area contributed by atoms with Gasteiger partial charge in [0.15, 0.2) is 5.78 Å². The Morgan fingerprint density at radius 3 is 2.44 bits per heavy atom. The number of carbonyl (C=O) groups is 1. The van der Waals surface area contributed by atoms with Gasteiger partial charge in [-0.05, 0) is 23.6 Å². The molecular weight excluding hydrogens is 224 g/mol. The standard InChI is InChI=1S/C16H18O2/c1-12(2)13-5-7-14(8-6-13)16(17)10-9-15-4-3-11-18-15/h3-8,11-12H,9-10H2,1-2H3. The average molecular weight is 242 g/mol. The van der Waals surface area contributed by atoms with Crippen LogP contribution in [0.1, 0.15) is 47.9 Å². The maximum atomic E-state index is 12.0. The summed E-state index contributed by atoms with van der Waals surface area (Å²) in [5, 5.41) is 0. The van der Waals surface area contributed by atoms with Gasteiger partial charge in [-0.25, -0.2) is 0 Å². The van der Waals surface area contributed by atoms with Crippen molar-refractivity contribution in [2.45, 2.75) is 32.6 Å². The molecule has 2 heteroatoms. The van der Waals surface area contributed by atoms with Gasteiger partial charge in [-0.3, -0.25) is 4.79 Å². The van der Waals surface area contributed by atoms with Crippen molar-refractivity contribution in [1.29, 1.82) is 0 Å². The van der Waals surface area contributed by atoms with Crippen LogP contribution < -0.4 is 0 Å². The molecule has 0 spiro atoms. The number of carbonyl (C=O) groups excluding carboxylic acids is 1. The Balaban J connectivity index is 1.96. The van der Waals surface area contributed by atoms with Crippen LogP contribution >= 0.6 is 0 Å². The predicted octanol–water partition coefficient (Wildman–Crippen LogP) is 4.22. The molecule has 2 nitrogen and oxygen atoms in total. The highest BCUT2D eigenvalue weighted by molar-refractivity contribution is 5.96. The van der Waals surface area contributed by atoms with E-state index in [4.69, 9.17) is 4.42 Å². The second kappa shape index (κ2) is 5.67. The molecule has 0 saturated carbocycles. The van der Waals surface area contributed by atoms with Gasteiger partial charge in [-0.1, -0.05) is 38.1 Å². The van der Waals surface area contributed by atoms with Gasteiger partial charge < -0.3 is 4.42 Å². The van der Waals surface area contributed by atoms with E-state index in [0.717, 1.165) is 11.3 Å². The number of hydrogen-bond donors (Lipinski definition) is 0. The first kappa shape index (κ1) is 12.6. The molecule has 1 heterocycles. The topological polar surface area (TPSA) is 30.2 Å². The van der Waals surface area contributed by atoms with Crippen LogP contribution in [0, 0.1) is 0 Å².